The van der Waals surface area contributed by atoms with E-state index in [-0.39, 0.29) is 0 Å². The third-order valence-electron chi connectivity index (χ3n) is 4.66. The molecule has 1 aliphatic heterocycles. The number of ether oxygens (including phenoxy) is 4. The van der Waals surface area contributed by atoms with E-state index in [0.29, 0.717) is 17.4 Å². The van der Waals surface area contributed by atoms with Crippen LogP contribution < -0.4 is 24.3 Å². The first-order valence-corrected chi connectivity index (χ1v) is 9.02. The first-order valence-electron chi connectivity index (χ1n) is 8.61. The Bertz CT molecular complexity index is 841. The minimum atomic E-state index is 0.652. The smallest absolute Gasteiger partial charge is 0.173 e. The zero-order chi connectivity index (χ0) is 19.4. The van der Waals surface area contributed by atoms with Gasteiger partial charge in [-0.25, -0.2) is 0 Å². The van der Waals surface area contributed by atoms with Crippen LogP contribution in [-0.2, 0) is 13.0 Å². The second kappa shape index (κ2) is 8.35. The van der Waals surface area contributed by atoms with Crippen LogP contribution in [0.5, 0.6) is 23.0 Å². The Morgan fingerprint density at radius 1 is 0.889 bits per heavy atom. The van der Waals surface area contributed by atoms with Crippen molar-refractivity contribution in [2.75, 3.05) is 40.3 Å². The number of methoxy groups -OCH3 is 4. The lowest BCUT2D eigenvalue weighted by atomic mass is 9.99. The summed E-state index contributed by atoms with van der Waals surface area (Å²) in [5.74, 6) is 2.90. The number of fused-ring (bicyclic) bond motifs is 1. The van der Waals surface area contributed by atoms with Gasteiger partial charge in [0.1, 0.15) is 11.5 Å². The van der Waals surface area contributed by atoms with Gasteiger partial charge in [-0.1, -0.05) is 0 Å². The van der Waals surface area contributed by atoms with Gasteiger partial charge in [-0.2, -0.15) is 0 Å². The fraction of sp³-hybridized carbons (Fsp3) is 0.350. The van der Waals surface area contributed by atoms with E-state index < -0.39 is 0 Å². The van der Waals surface area contributed by atoms with Crippen LogP contribution >= 0.6 is 12.2 Å². The number of hydrogen-bond donors (Lipinski definition) is 1. The topological polar surface area (TPSA) is 52.2 Å². The molecule has 7 heteroatoms. The van der Waals surface area contributed by atoms with Gasteiger partial charge in [-0.15, -0.1) is 0 Å². The van der Waals surface area contributed by atoms with Crippen molar-refractivity contribution in [3.8, 4) is 23.0 Å². The molecule has 0 spiro atoms. The van der Waals surface area contributed by atoms with E-state index in [2.05, 4.69) is 16.3 Å². The quantitative estimate of drug-likeness (QED) is 0.787. The van der Waals surface area contributed by atoms with E-state index in [4.69, 9.17) is 31.2 Å². The van der Waals surface area contributed by atoms with Gasteiger partial charge >= 0.3 is 0 Å². The summed E-state index contributed by atoms with van der Waals surface area (Å²) in [6.45, 7) is 1.53. The van der Waals surface area contributed by atoms with Gasteiger partial charge in [0.15, 0.2) is 16.6 Å². The predicted molar refractivity (Wildman–Crippen MR) is 109 cm³/mol. The van der Waals surface area contributed by atoms with Crippen LogP contribution in [0, 0.1) is 0 Å². The van der Waals surface area contributed by atoms with Gasteiger partial charge in [0.05, 0.1) is 34.1 Å². The number of hydrogen-bond acceptors (Lipinski definition) is 5. The van der Waals surface area contributed by atoms with Crippen molar-refractivity contribution in [2.45, 2.75) is 13.0 Å². The Morgan fingerprint density at radius 3 is 2.19 bits per heavy atom. The highest BCUT2D eigenvalue weighted by Gasteiger charge is 2.21. The van der Waals surface area contributed by atoms with Crippen molar-refractivity contribution in [2.24, 2.45) is 0 Å². The zero-order valence-electron chi connectivity index (χ0n) is 16.0. The average molecular weight is 388 g/mol. The largest absolute Gasteiger partial charge is 0.497 e. The second-order valence-electron chi connectivity index (χ2n) is 6.14. The van der Waals surface area contributed by atoms with E-state index in [0.717, 1.165) is 35.9 Å². The van der Waals surface area contributed by atoms with Gasteiger partial charge in [-0.05, 0) is 54.0 Å². The van der Waals surface area contributed by atoms with Gasteiger partial charge in [0.2, 0.25) is 0 Å². The molecule has 3 rings (SSSR count). The van der Waals surface area contributed by atoms with Crippen LogP contribution in [0.3, 0.4) is 0 Å². The Balaban J connectivity index is 1.76. The molecule has 0 bridgehead atoms. The van der Waals surface area contributed by atoms with Gasteiger partial charge in [-0.3, -0.25) is 0 Å². The number of nitrogens with zero attached hydrogens (tertiary/aromatic N) is 1. The number of thiocarbonyl (C=S) groups is 1. The fourth-order valence-corrected chi connectivity index (χ4v) is 3.42. The van der Waals surface area contributed by atoms with Crippen molar-refractivity contribution in [3.05, 3.63) is 41.5 Å². The number of nitrogens with one attached hydrogen (secondary N) is 1. The van der Waals surface area contributed by atoms with Gasteiger partial charge in [0, 0.05) is 19.2 Å². The molecule has 0 saturated heterocycles. The molecule has 6 nitrogen and oxygen atoms in total. The Hall–Kier alpha value is -2.67. The van der Waals surface area contributed by atoms with Crippen LogP contribution in [0.15, 0.2) is 30.3 Å². The highest BCUT2D eigenvalue weighted by Crippen LogP contribution is 2.34. The van der Waals surface area contributed by atoms with Crippen molar-refractivity contribution < 1.29 is 18.9 Å². The molecule has 1 N–H and O–H groups in total. The summed E-state index contributed by atoms with van der Waals surface area (Å²) in [4.78, 5) is 2.13. The third-order valence-corrected chi connectivity index (χ3v) is 5.02. The van der Waals surface area contributed by atoms with Crippen LogP contribution in [0.2, 0.25) is 0 Å². The molecule has 144 valence electrons. The summed E-state index contributed by atoms with van der Waals surface area (Å²) in [5.41, 5.74) is 3.25. The summed E-state index contributed by atoms with van der Waals surface area (Å²) in [6, 6.07) is 9.67. The molecule has 2 aromatic carbocycles. The Labute approximate surface area is 165 Å². The van der Waals surface area contributed by atoms with Crippen LogP contribution in [0.1, 0.15) is 11.1 Å². The molecule has 2 aromatic rings. The second-order valence-corrected chi connectivity index (χ2v) is 6.53. The summed E-state index contributed by atoms with van der Waals surface area (Å²) in [6.07, 6.45) is 0.886. The SMILES string of the molecule is COc1ccc(NC(=S)N2CCc3cc(OC)c(OC)cc3C2)c(OC)c1. The number of anilines is 1. The monoisotopic (exact) mass is 388 g/mol. The molecule has 0 fully saturated rings. The van der Waals surface area contributed by atoms with Gasteiger partial charge < -0.3 is 29.2 Å². The van der Waals surface area contributed by atoms with E-state index >= 15 is 0 Å². The third kappa shape index (κ3) is 4.03. The maximum atomic E-state index is 5.64. The molecule has 0 amide bonds. The first kappa shape index (κ1) is 19.1. The molecule has 0 atom stereocenters. The summed E-state index contributed by atoms with van der Waals surface area (Å²) >= 11 is 5.64. The fourth-order valence-electron chi connectivity index (χ4n) is 3.15. The summed E-state index contributed by atoms with van der Waals surface area (Å²) < 4.78 is 21.5. The first-order chi connectivity index (χ1) is 13.1. The maximum Gasteiger partial charge on any atom is 0.173 e. The molecule has 0 aliphatic carbocycles. The van der Waals surface area contributed by atoms with E-state index in [1.807, 2.05) is 24.3 Å². The molecule has 0 aromatic heterocycles. The number of benzene rings is 2. The van der Waals surface area contributed by atoms with Crippen LogP contribution in [0.4, 0.5) is 5.69 Å². The Morgan fingerprint density at radius 2 is 1.56 bits per heavy atom. The van der Waals surface area contributed by atoms with Gasteiger partial charge in [0.25, 0.3) is 0 Å². The maximum absolute atomic E-state index is 5.64. The highest BCUT2D eigenvalue weighted by atomic mass is 32.1. The average Bonchev–Trinajstić information content (AvgIpc) is 2.72. The normalized spacial score (nSPS) is 12.8. The molecule has 0 radical (unpaired) electrons. The summed E-state index contributed by atoms with van der Waals surface area (Å²) in [5, 5.41) is 3.94. The lowest BCUT2D eigenvalue weighted by molar-refractivity contribution is 0.348. The predicted octanol–water partition coefficient (Wildman–Crippen LogP) is 3.48. The number of rotatable bonds is 5. The molecule has 1 heterocycles. The van der Waals surface area contributed by atoms with Crippen molar-refractivity contribution in [1.29, 1.82) is 0 Å². The lowest BCUT2D eigenvalue weighted by Crippen LogP contribution is -2.38. The molecule has 1 aliphatic rings. The molecular weight excluding hydrogens is 364 g/mol. The molecule has 27 heavy (non-hydrogen) atoms. The molecular formula is C20H24N2O4S. The Kier molecular flexibility index (Phi) is 5.91. The van der Waals surface area contributed by atoms with Crippen molar-refractivity contribution >= 4 is 23.0 Å². The van der Waals surface area contributed by atoms with Crippen molar-refractivity contribution in [1.82, 2.24) is 4.90 Å². The summed E-state index contributed by atoms with van der Waals surface area (Å²) in [7, 11) is 6.55. The van der Waals surface area contributed by atoms with E-state index in [1.165, 1.54) is 11.1 Å². The minimum absolute atomic E-state index is 0.652. The van der Waals surface area contributed by atoms with Crippen molar-refractivity contribution in [3.63, 3.8) is 0 Å². The van der Waals surface area contributed by atoms with E-state index in [1.54, 1.807) is 28.4 Å². The van der Waals surface area contributed by atoms with Crippen LogP contribution in [-0.4, -0.2) is 45.0 Å². The molecule has 0 unspecified atom stereocenters. The highest BCUT2D eigenvalue weighted by molar-refractivity contribution is 7.80. The minimum Gasteiger partial charge on any atom is -0.497 e. The standard InChI is InChI=1S/C20H24N2O4S/c1-23-15-5-6-16(17(11-15)24-2)21-20(27)22-8-7-13-9-18(25-3)19(26-4)10-14(13)12-22/h5-6,9-11H,7-8,12H2,1-4H3,(H,21,27). The van der Waals surface area contributed by atoms with Crippen LogP contribution in [0.25, 0.3) is 0 Å². The molecule has 0 saturated carbocycles. The van der Waals surface area contributed by atoms with E-state index in [9.17, 15) is 0 Å². The zero-order valence-corrected chi connectivity index (χ0v) is 16.8. The lowest BCUT2D eigenvalue weighted by Gasteiger charge is -2.32.